The highest BCUT2D eigenvalue weighted by molar-refractivity contribution is 5.88. The van der Waals surface area contributed by atoms with Crippen molar-refractivity contribution in [1.82, 2.24) is 21.3 Å². The van der Waals surface area contributed by atoms with E-state index in [0.717, 1.165) is 6.42 Å². The molecule has 0 aliphatic heterocycles. The fourth-order valence-electron chi connectivity index (χ4n) is 3.40. The van der Waals surface area contributed by atoms with Gasteiger partial charge in [-0.1, -0.05) is 41.5 Å². The van der Waals surface area contributed by atoms with Crippen LogP contribution in [0.5, 0.6) is 0 Å². The summed E-state index contributed by atoms with van der Waals surface area (Å²) in [6.45, 7) is 18.9. The molecule has 10 nitrogen and oxygen atoms in total. The van der Waals surface area contributed by atoms with Gasteiger partial charge in [0.1, 0.15) is 17.7 Å². The lowest BCUT2D eigenvalue weighted by atomic mass is 9.95. The molecule has 0 radical (unpaired) electrons. The number of nitrogens with one attached hydrogen (secondary N) is 4. The van der Waals surface area contributed by atoms with Crippen LogP contribution in [0.15, 0.2) is 0 Å². The van der Waals surface area contributed by atoms with Crippen molar-refractivity contribution in [1.29, 1.82) is 0 Å². The molecule has 4 amide bonds. The van der Waals surface area contributed by atoms with Crippen molar-refractivity contribution in [2.45, 2.75) is 118 Å². The maximum Gasteiger partial charge on any atom is 0.408 e. The van der Waals surface area contributed by atoms with Gasteiger partial charge in [-0.15, -0.1) is 0 Å². The Morgan fingerprint density at radius 1 is 0.833 bits per heavy atom. The van der Waals surface area contributed by atoms with Gasteiger partial charge < -0.3 is 31.1 Å². The minimum atomic E-state index is -1.18. The van der Waals surface area contributed by atoms with Gasteiger partial charge in [0.05, 0.1) is 18.6 Å². The van der Waals surface area contributed by atoms with Crippen LogP contribution >= 0.6 is 0 Å². The summed E-state index contributed by atoms with van der Waals surface area (Å²) < 4.78 is 5.27. The molecule has 210 valence electrons. The molecule has 0 aromatic carbocycles. The smallest absolute Gasteiger partial charge is 0.408 e. The van der Waals surface area contributed by atoms with E-state index in [-0.39, 0.29) is 24.2 Å². The lowest BCUT2D eigenvalue weighted by Gasteiger charge is -2.30. The van der Waals surface area contributed by atoms with Gasteiger partial charge in [0.15, 0.2) is 0 Å². The van der Waals surface area contributed by atoms with Crippen molar-refractivity contribution < 1.29 is 29.0 Å². The number of aliphatic hydroxyl groups is 1. The van der Waals surface area contributed by atoms with Crippen LogP contribution in [-0.4, -0.2) is 65.3 Å². The van der Waals surface area contributed by atoms with E-state index in [1.165, 1.54) is 0 Å². The molecule has 0 rings (SSSR count). The Kier molecular flexibility index (Phi) is 14.7. The molecule has 10 heteroatoms. The molecule has 0 unspecified atom stereocenters. The van der Waals surface area contributed by atoms with Crippen LogP contribution in [0.2, 0.25) is 0 Å². The Hall–Kier alpha value is -2.36. The number of amides is 4. The van der Waals surface area contributed by atoms with E-state index in [1.54, 1.807) is 41.5 Å². The van der Waals surface area contributed by atoms with Gasteiger partial charge in [0.25, 0.3) is 0 Å². The van der Waals surface area contributed by atoms with Crippen molar-refractivity contribution in [3.05, 3.63) is 0 Å². The van der Waals surface area contributed by atoms with Gasteiger partial charge in [-0.3, -0.25) is 14.4 Å². The van der Waals surface area contributed by atoms with E-state index in [2.05, 4.69) is 35.1 Å². The Labute approximate surface area is 217 Å². The fraction of sp³-hybridized carbons (Fsp3) is 0.846. The van der Waals surface area contributed by atoms with Crippen LogP contribution in [-0.2, 0) is 19.1 Å². The summed E-state index contributed by atoms with van der Waals surface area (Å²) in [5.41, 5.74) is -0.714. The molecular weight excluding hydrogens is 464 g/mol. The summed E-state index contributed by atoms with van der Waals surface area (Å²) in [6, 6.07) is -2.36. The van der Waals surface area contributed by atoms with Gasteiger partial charge in [0.2, 0.25) is 17.7 Å². The highest BCUT2D eigenvalue weighted by atomic mass is 16.6. The topological polar surface area (TPSA) is 146 Å². The van der Waals surface area contributed by atoms with Crippen LogP contribution < -0.4 is 21.3 Å². The SMILES string of the molecule is CC(C)CCNC(=O)[C@H](C)NC(=O)C[C@H](O)[C@H](CC(C)C)NC(=O)[C@@H](NC(=O)OC(C)(C)C)C(C)C. The number of ether oxygens (including phenoxy) is 1. The lowest BCUT2D eigenvalue weighted by Crippen LogP contribution is -2.56. The maximum atomic E-state index is 13.0. The van der Waals surface area contributed by atoms with Crippen molar-refractivity contribution >= 4 is 23.8 Å². The molecule has 0 aromatic heterocycles. The van der Waals surface area contributed by atoms with E-state index in [4.69, 9.17) is 4.74 Å². The first kappa shape index (κ1) is 33.6. The van der Waals surface area contributed by atoms with Crippen LogP contribution in [0.25, 0.3) is 0 Å². The average molecular weight is 515 g/mol. The van der Waals surface area contributed by atoms with E-state index in [0.29, 0.717) is 18.9 Å². The molecule has 36 heavy (non-hydrogen) atoms. The summed E-state index contributed by atoms with van der Waals surface area (Å²) in [7, 11) is 0. The number of carbonyl (C=O) groups is 4. The van der Waals surface area contributed by atoms with Crippen LogP contribution in [0.4, 0.5) is 4.79 Å². The molecule has 0 bridgehead atoms. The summed E-state index contributed by atoms with van der Waals surface area (Å²) >= 11 is 0. The van der Waals surface area contributed by atoms with Gasteiger partial charge in [-0.05, 0) is 58.3 Å². The van der Waals surface area contributed by atoms with E-state index in [1.807, 2.05) is 13.8 Å². The normalized spacial score (nSPS) is 15.2. The Morgan fingerprint density at radius 3 is 1.89 bits per heavy atom. The minimum Gasteiger partial charge on any atom is -0.444 e. The van der Waals surface area contributed by atoms with Gasteiger partial charge in [-0.25, -0.2) is 4.79 Å². The Morgan fingerprint density at radius 2 is 1.42 bits per heavy atom. The number of aliphatic hydroxyl groups excluding tert-OH is 1. The molecule has 0 aliphatic rings. The molecule has 4 atom stereocenters. The van der Waals surface area contributed by atoms with Crippen molar-refractivity contribution in [3.63, 3.8) is 0 Å². The van der Waals surface area contributed by atoms with Crippen molar-refractivity contribution in [2.75, 3.05) is 6.54 Å². The highest BCUT2D eigenvalue weighted by Crippen LogP contribution is 2.14. The standard InChI is InChI=1S/C26H50N4O6/c1-15(2)11-12-27-23(33)18(7)28-21(32)14-20(31)19(13-16(3)4)29-24(34)22(17(5)6)30-25(35)36-26(8,9)10/h15-20,22,31H,11-14H2,1-10H3,(H,27,33)(H,28,32)(H,29,34)(H,30,35)/t18-,19-,20-,22-/m0/s1. The maximum absolute atomic E-state index is 13.0. The zero-order valence-corrected chi connectivity index (χ0v) is 23.9. The minimum absolute atomic E-state index is 0.120. The van der Waals surface area contributed by atoms with Gasteiger partial charge in [0, 0.05) is 6.54 Å². The molecule has 0 fully saturated rings. The second-order valence-electron chi connectivity index (χ2n) is 11.6. The lowest BCUT2D eigenvalue weighted by molar-refractivity contribution is -0.130. The monoisotopic (exact) mass is 514 g/mol. The predicted molar refractivity (Wildman–Crippen MR) is 140 cm³/mol. The zero-order valence-electron chi connectivity index (χ0n) is 23.9. The van der Waals surface area contributed by atoms with Crippen LogP contribution in [0.3, 0.4) is 0 Å². The van der Waals surface area contributed by atoms with Crippen LogP contribution in [0, 0.1) is 17.8 Å². The molecule has 0 aliphatic carbocycles. The number of hydrogen-bond acceptors (Lipinski definition) is 6. The van der Waals surface area contributed by atoms with E-state index < -0.39 is 47.7 Å². The molecule has 5 N–H and O–H groups in total. The summed E-state index contributed by atoms with van der Waals surface area (Å²) in [4.78, 5) is 50.0. The second kappa shape index (κ2) is 15.7. The molecular formula is C26H50N4O6. The number of rotatable bonds is 14. The summed E-state index contributed by atoms with van der Waals surface area (Å²) in [5, 5.41) is 21.6. The first-order valence-electron chi connectivity index (χ1n) is 13.0. The van der Waals surface area contributed by atoms with E-state index in [9.17, 15) is 24.3 Å². The largest absolute Gasteiger partial charge is 0.444 e. The zero-order chi connectivity index (χ0) is 28.2. The van der Waals surface area contributed by atoms with Crippen LogP contribution in [0.1, 0.15) is 88.5 Å². The van der Waals surface area contributed by atoms with Gasteiger partial charge >= 0.3 is 6.09 Å². The van der Waals surface area contributed by atoms with Crippen molar-refractivity contribution in [2.24, 2.45) is 17.8 Å². The third-order valence-corrected chi connectivity index (χ3v) is 5.33. The summed E-state index contributed by atoms with van der Waals surface area (Å²) in [5.74, 6) is -0.933. The quantitative estimate of drug-likeness (QED) is 0.241. The molecule has 0 saturated heterocycles. The molecule has 0 spiro atoms. The number of carbonyl (C=O) groups excluding carboxylic acids is 4. The third-order valence-electron chi connectivity index (χ3n) is 5.33. The predicted octanol–water partition coefficient (Wildman–Crippen LogP) is 2.48. The first-order valence-corrected chi connectivity index (χ1v) is 13.0. The number of alkyl carbamates (subject to hydrolysis) is 1. The number of hydrogen-bond donors (Lipinski definition) is 5. The molecule has 0 saturated carbocycles. The average Bonchev–Trinajstić information content (AvgIpc) is 2.68. The van der Waals surface area contributed by atoms with E-state index >= 15 is 0 Å². The van der Waals surface area contributed by atoms with Crippen molar-refractivity contribution in [3.8, 4) is 0 Å². The second-order valence-corrected chi connectivity index (χ2v) is 11.6. The Bertz CT molecular complexity index is 718. The Balaban J connectivity index is 5.14. The molecule has 0 heterocycles. The highest BCUT2D eigenvalue weighted by Gasteiger charge is 2.31. The summed E-state index contributed by atoms with van der Waals surface area (Å²) in [6.07, 6.45) is -0.920. The first-order chi connectivity index (χ1) is 16.4. The third kappa shape index (κ3) is 14.9. The van der Waals surface area contributed by atoms with Gasteiger partial charge in [-0.2, -0.15) is 0 Å². The molecule has 0 aromatic rings. The fourth-order valence-corrected chi connectivity index (χ4v) is 3.40.